The highest BCUT2D eigenvalue weighted by Crippen LogP contribution is 2.06. The third-order valence-electron chi connectivity index (χ3n) is 3.29. The van der Waals surface area contributed by atoms with Crippen molar-refractivity contribution >= 4 is 5.82 Å². The first-order valence-corrected chi connectivity index (χ1v) is 7.23. The topological polar surface area (TPSA) is 50.3 Å². The number of aryl methyl sites for hydroxylation is 1. The number of hydrogen-bond acceptors (Lipinski definition) is 5. The van der Waals surface area contributed by atoms with Gasteiger partial charge in [0.1, 0.15) is 12.1 Å². The first-order valence-electron chi connectivity index (χ1n) is 7.23. The van der Waals surface area contributed by atoms with Crippen molar-refractivity contribution in [2.75, 3.05) is 44.7 Å². The summed E-state index contributed by atoms with van der Waals surface area (Å²) in [6.07, 6.45) is 4.92. The summed E-state index contributed by atoms with van der Waals surface area (Å²) >= 11 is 0. The van der Waals surface area contributed by atoms with Crippen LogP contribution in [0.15, 0.2) is 12.4 Å². The number of anilines is 1. The third kappa shape index (κ3) is 5.12. The number of nitrogens with one attached hydrogen (secondary N) is 1. The average Bonchev–Trinajstić information content (AvgIpc) is 2.46. The van der Waals surface area contributed by atoms with Crippen molar-refractivity contribution < 1.29 is 4.74 Å². The van der Waals surface area contributed by atoms with Crippen LogP contribution in [0.4, 0.5) is 5.82 Å². The second-order valence-corrected chi connectivity index (χ2v) is 4.88. The molecule has 0 unspecified atom stereocenters. The Morgan fingerprint density at radius 2 is 2.16 bits per heavy atom. The van der Waals surface area contributed by atoms with Gasteiger partial charge in [-0.2, -0.15) is 0 Å². The van der Waals surface area contributed by atoms with E-state index in [1.165, 1.54) is 0 Å². The van der Waals surface area contributed by atoms with Crippen LogP contribution in [0.1, 0.15) is 25.5 Å². The van der Waals surface area contributed by atoms with Crippen molar-refractivity contribution in [2.24, 2.45) is 0 Å². The number of hydrogen-bond donors (Lipinski definition) is 1. The van der Waals surface area contributed by atoms with Crippen molar-refractivity contribution in [3.63, 3.8) is 0 Å². The van der Waals surface area contributed by atoms with Gasteiger partial charge < -0.3 is 10.1 Å². The summed E-state index contributed by atoms with van der Waals surface area (Å²) in [7, 11) is 0. The minimum Gasteiger partial charge on any atom is -0.379 e. The second kappa shape index (κ2) is 8.07. The van der Waals surface area contributed by atoms with Crippen LogP contribution in [-0.4, -0.2) is 54.3 Å². The lowest BCUT2D eigenvalue weighted by Crippen LogP contribution is -2.37. The Bertz CT molecular complexity index is 366. The van der Waals surface area contributed by atoms with Gasteiger partial charge in [-0.25, -0.2) is 9.97 Å². The first kappa shape index (κ1) is 14.2. The molecule has 0 aliphatic carbocycles. The molecule has 1 saturated heterocycles. The zero-order chi connectivity index (χ0) is 13.3. The summed E-state index contributed by atoms with van der Waals surface area (Å²) in [6.45, 7) is 8.13. The molecule has 1 aliphatic rings. The Kier molecular flexibility index (Phi) is 6.04. The normalized spacial score (nSPS) is 16.5. The molecule has 1 fully saturated rings. The average molecular weight is 264 g/mol. The molecule has 1 aliphatic heterocycles. The van der Waals surface area contributed by atoms with Gasteiger partial charge in [0.25, 0.3) is 0 Å². The van der Waals surface area contributed by atoms with Gasteiger partial charge in [0, 0.05) is 31.4 Å². The molecule has 1 N–H and O–H groups in total. The molecular formula is C14H24N4O. The molecule has 2 heterocycles. The Labute approximate surface area is 115 Å². The zero-order valence-electron chi connectivity index (χ0n) is 11.8. The van der Waals surface area contributed by atoms with Crippen LogP contribution in [-0.2, 0) is 11.2 Å². The number of aromatic nitrogens is 2. The fraction of sp³-hybridized carbons (Fsp3) is 0.714. The van der Waals surface area contributed by atoms with Crippen LogP contribution < -0.4 is 5.32 Å². The molecule has 0 saturated carbocycles. The Balaban J connectivity index is 1.65. The molecule has 1 aromatic rings. The zero-order valence-corrected chi connectivity index (χ0v) is 11.8. The molecule has 0 atom stereocenters. The van der Waals surface area contributed by atoms with Gasteiger partial charge >= 0.3 is 0 Å². The molecule has 106 valence electrons. The Morgan fingerprint density at radius 1 is 1.32 bits per heavy atom. The molecule has 5 heteroatoms. The number of ether oxygens (including phenoxy) is 1. The van der Waals surface area contributed by atoms with E-state index in [1.807, 2.05) is 0 Å². The van der Waals surface area contributed by atoms with Gasteiger partial charge in [-0.15, -0.1) is 0 Å². The predicted molar refractivity (Wildman–Crippen MR) is 76.4 cm³/mol. The molecular weight excluding hydrogens is 240 g/mol. The smallest absolute Gasteiger partial charge is 0.129 e. The highest BCUT2D eigenvalue weighted by Gasteiger charge is 2.09. The molecule has 0 amide bonds. The summed E-state index contributed by atoms with van der Waals surface area (Å²) < 4.78 is 5.34. The van der Waals surface area contributed by atoms with E-state index in [0.29, 0.717) is 0 Å². The van der Waals surface area contributed by atoms with Crippen molar-refractivity contribution in [3.8, 4) is 0 Å². The van der Waals surface area contributed by atoms with Crippen LogP contribution >= 0.6 is 0 Å². The minimum atomic E-state index is 0.875. The fourth-order valence-electron chi connectivity index (χ4n) is 2.23. The second-order valence-electron chi connectivity index (χ2n) is 4.88. The van der Waals surface area contributed by atoms with Crippen molar-refractivity contribution in [2.45, 2.75) is 26.2 Å². The third-order valence-corrected chi connectivity index (χ3v) is 3.29. The summed E-state index contributed by atoms with van der Waals surface area (Å²) in [4.78, 5) is 11.0. The highest BCUT2D eigenvalue weighted by atomic mass is 16.5. The summed E-state index contributed by atoms with van der Waals surface area (Å²) in [5.74, 6) is 0.945. The predicted octanol–water partition coefficient (Wildman–Crippen LogP) is 1.56. The van der Waals surface area contributed by atoms with E-state index in [4.69, 9.17) is 4.74 Å². The van der Waals surface area contributed by atoms with Crippen LogP contribution in [0.5, 0.6) is 0 Å². The Hall–Kier alpha value is -1.20. The van der Waals surface area contributed by atoms with E-state index >= 15 is 0 Å². The van der Waals surface area contributed by atoms with Gasteiger partial charge in [0.2, 0.25) is 0 Å². The lowest BCUT2D eigenvalue weighted by molar-refractivity contribution is 0.0378. The SMILES string of the molecule is CCCc1cc(NCCCN2CCOCC2)ncn1. The molecule has 5 nitrogen and oxygen atoms in total. The van der Waals surface area contributed by atoms with E-state index in [2.05, 4.69) is 33.2 Å². The maximum absolute atomic E-state index is 5.34. The van der Waals surface area contributed by atoms with Crippen LogP contribution in [0, 0.1) is 0 Å². The van der Waals surface area contributed by atoms with E-state index in [-0.39, 0.29) is 0 Å². The van der Waals surface area contributed by atoms with E-state index in [0.717, 1.165) is 70.2 Å². The van der Waals surface area contributed by atoms with E-state index in [9.17, 15) is 0 Å². The number of morpholine rings is 1. The lowest BCUT2D eigenvalue weighted by atomic mass is 10.2. The summed E-state index contributed by atoms with van der Waals surface area (Å²) in [5.41, 5.74) is 1.12. The van der Waals surface area contributed by atoms with E-state index in [1.54, 1.807) is 6.33 Å². The van der Waals surface area contributed by atoms with Crippen molar-refractivity contribution in [1.82, 2.24) is 14.9 Å². The molecule has 0 bridgehead atoms. The van der Waals surface area contributed by atoms with Gasteiger partial charge in [-0.05, 0) is 19.4 Å². The molecule has 0 aromatic carbocycles. The van der Waals surface area contributed by atoms with Gasteiger partial charge in [0.15, 0.2) is 0 Å². The standard InChI is InChI=1S/C14H24N4O/c1-2-4-13-11-14(17-12-16-13)15-5-3-6-18-7-9-19-10-8-18/h11-12H,2-10H2,1H3,(H,15,16,17). The lowest BCUT2D eigenvalue weighted by Gasteiger charge is -2.26. The maximum Gasteiger partial charge on any atom is 0.129 e. The van der Waals surface area contributed by atoms with Gasteiger partial charge in [-0.1, -0.05) is 13.3 Å². The first-order chi connectivity index (χ1) is 9.38. The monoisotopic (exact) mass is 264 g/mol. The molecule has 19 heavy (non-hydrogen) atoms. The van der Waals surface area contributed by atoms with Crippen molar-refractivity contribution in [3.05, 3.63) is 18.1 Å². The quantitative estimate of drug-likeness (QED) is 0.757. The number of nitrogens with zero attached hydrogens (tertiary/aromatic N) is 3. The highest BCUT2D eigenvalue weighted by molar-refractivity contribution is 5.34. The Morgan fingerprint density at radius 3 is 2.95 bits per heavy atom. The fourth-order valence-corrected chi connectivity index (χ4v) is 2.23. The maximum atomic E-state index is 5.34. The van der Waals surface area contributed by atoms with E-state index < -0.39 is 0 Å². The molecule has 2 rings (SSSR count). The van der Waals surface area contributed by atoms with Crippen LogP contribution in [0.25, 0.3) is 0 Å². The molecule has 0 radical (unpaired) electrons. The van der Waals surface area contributed by atoms with Gasteiger partial charge in [-0.3, -0.25) is 4.90 Å². The van der Waals surface area contributed by atoms with Crippen LogP contribution in [0.3, 0.4) is 0 Å². The van der Waals surface area contributed by atoms with Gasteiger partial charge in [0.05, 0.1) is 13.2 Å². The van der Waals surface area contributed by atoms with Crippen LogP contribution in [0.2, 0.25) is 0 Å². The number of rotatable bonds is 7. The van der Waals surface area contributed by atoms with Crippen molar-refractivity contribution in [1.29, 1.82) is 0 Å². The molecule has 0 spiro atoms. The summed E-state index contributed by atoms with van der Waals surface area (Å²) in [5, 5.41) is 3.37. The largest absolute Gasteiger partial charge is 0.379 e. The minimum absolute atomic E-state index is 0.875. The molecule has 1 aromatic heterocycles. The summed E-state index contributed by atoms with van der Waals surface area (Å²) in [6, 6.07) is 2.05.